The lowest BCUT2D eigenvalue weighted by molar-refractivity contribution is -0.946. The van der Waals surface area contributed by atoms with Crippen LogP contribution in [0.1, 0.15) is 32.6 Å². The van der Waals surface area contributed by atoms with Crippen LogP contribution in [0, 0.1) is 5.92 Å². The zero-order chi connectivity index (χ0) is 10.6. The molecule has 1 fully saturated rings. The van der Waals surface area contributed by atoms with Crippen molar-refractivity contribution in [3.05, 3.63) is 0 Å². The second kappa shape index (κ2) is 5.72. The molecular formula is C12H28N2+2. The minimum atomic E-state index is 0.943. The first kappa shape index (κ1) is 12.0. The summed E-state index contributed by atoms with van der Waals surface area (Å²) in [5, 5.41) is 0. The van der Waals surface area contributed by atoms with Gasteiger partial charge in [-0.2, -0.15) is 0 Å². The molecule has 14 heavy (non-hydrogen) atoms. The maximum Gasteiger partial charge on any atom is 0.127 e. The van der Waals surface area contributed by atoms with E-state index < -0.39 is 0 Å². The molecule has 84 valence electrons. The molecule has 0 aromatic rings. The molecule has 0 aromatic heterocycles. The number of quaternary nitrogens is 2. The normalized spacial score (nSPS) is 30.6. The van der Waals surface area contributed by atoms with Gasteiger partial charge in [0.05, 0.1) is 27.2 Å². The fourth-order valence-corrected chi connectivity index (χ4v) is 2.53. The van der Waals surface area contributed by atoms with Gasteiger partial charge in [0.2, 0.25) is 0 Å². The molecular weight excluding hydrogens is 172 g/mol. The van der Waals surface area contributed by atoms with E-state index in [1.54, 1.807) is 9.80 Å². The molecule has 0 spiro atoms. The molecule has 0 heterocycles. The third-order valence-corrected chi connectivity index (χ3v) is 3.65. The molecule has 1 aliphatic rings. The van der Waals surface area contributed by atoms with Crippen molar-refractivity contribution >= 4 is 0 Å². The number of hydrogen-bond donors (Lipinski definition) is 2. The van der Waals surface area contributed by atoms with Crippen LogP contribution in [-0.4, -0.2) is 40.3 Å². The maximum absolute atomic E-state index is 2.41. The highest BCUT2D eigenvalue weighted by Crippen LogP contribution is 2.21. The lowest BCUT2D eigenvalue weighted by atomic mass is 9.86. The third kappa shape index (κ3) is 3.97. The van der Waals surface area contributed by atoms with Gasteiger partial charge in [0.1, 0.15) is 13.1 Å². The summed E-state index contributed by atoms with van der Waals surface area (Å²) in [5.74, 6) is 0.968. The Morgan fingerprint density at radius 1 is 1.07 bits per heavy atom. The predicted octanol–water partition coefficient (Wildman–Crippen LogP) is -0.776. The molecule has 3 atom stereocenters. The zero-order valence-corrected chi connectivity index (χ0v) is 10.4. The van der Waals surface area contributed by atoms with Crippen LogP contribution in [0.5, 0.6) is 0 Å². The molecule has 1 rings (SSSR count). The van der Waals surface area contributed by atoms with Crippen LogP contribution in [0.4, 0.5) is 0 Å². The van der Waals surface area contributed by atoms with E-state index in [2.05, 4.69) is 28.1 Å². The Kier molecular flexibility index (Phi) is 4.90. The second-order valence-electron chi connectivity index (χ2n) is 5.52. The molecule has 0 amide bonds. The average molecular weight is 200 g/mol. The van der Waals surface area contributed by atoms with E-state index in [0.29, 0.717) is 0 Å². The van der Waals surface area contributed by atoms with Crippen molar-refractivity contribution in [2.45, 2.75) is 38.6 Å². The van der Waals surface area contributed by atoms with E-state index in [-0.39, 0.29) is 0 Å². The van der Waals surface area contributed by atoms with E-state index in [9.17, 15) is 0 Å². The Hall–Kier alpha value is -0.0800. The average Bonchev–Trinajstić information content (AvgIpc) is 2.14. The van der Waals surface area contributed by atoms with Gasteiger partial charge >= 0.3 is 0 Å². The SMILES string of the molecule is C[C@@H]1CCC[C@@H]([NH+](C)CC[NH+](C)C)C1. The topological polar surface area (TPSA) is 8.88 Å². The van der Waals surface area contributed by atoms with Gasteiger partial charge in [-0.15, -0.1) is 0 Å². The molecule has 1 unspecified atom stereocenters. The number of likely N-dealkylation sites (N-methyl/N-ethyl adjacent to an activating group) is 2. The van der Waals surface area contributed by atoms with Gasteiger partial charge in [-0.25, -0.2) is 0 Å². The molecule has 0 aliphatic heterocycles. The molecule has 1 aliphatic carbocycles. The molecule has 0 bridgehead atoms. The van der Waals surface area contributed by atoms with Gasteiger partial charge < -0.3 is 9.80 Å². The standard InChI is InChI=1S/C12H26N2/c1-11-6-5-7-12(10-11)14(4)9-8-13(2)3/h11-12H,5-10H2,1-4H3/p+2/t11-,12-/m1/s1. The van der Waals surface area contributed by atoms with E-state index in [1.165, 1.54) is 38.8 Å². The monoisotopic (exact) mass is 200 g/mol. The van der Waals surface area contributed by atoms with Gasteiger partial charge in [-0.05, 0) is 18.8 Å². The highest BCUT2D eigenvalue weighted by molar-refractivity contribution is 4.68. The smallest absolute Gasteiger partial charge is 0.127 e. The van der Waals surface area contributed by atoms with Crippen molar-refractivity contribution in [1.82, 2.24) is 0 Å². The van der Waals surface area contributed by atoms with E-state index >= 15 is 0 Å². The minimum absolute atomic E-state index is 0.943. The maximum atomic E-state index is 2.41. The van der Waals surface area contributed by atoms with Crippen molar-refractivity contribution in [3.63, 3.8) is 0 Å². The van der Waals surface area contributed by atoms with Crippen molar-refractivity contribution in [3.8, 4) is 0 Å². The summed E-state index contributed by atoms with van der Waals surface area (Å²) in [6.45, 7) is 5.05. The summed E-state index contributed by atoms with van der Waals surface area (Å²) in [6, 6.07) is 0.943. The van der Waals surface area contributed by atoms with Crippen LogP contribution in [-0.2, 0) is 0 Å². The van der Waals surface area contributed by atoms with Gasteiger partial charge in [-0.3, -0.25) is 0 Å². The van der Waals surface area contributed by atoms with Crippen molar-refractivity contribution in [1.29, 1.82) is 0 Å². The summed E-state index contributed by atoms with van der Waals surface area (Å²) in [7, 11) is 6.87. The van der Waals surface area contributed by atoms with Gasteiger partial charge in [0.25, 0.3) is 0 Å². The molecule has 2 heteroatoms. The van der Waals surface area contributed by atoms with Gasteiger partial charge in [0, 0.05) is 6.42 Å². The fourth-order valence-electron chi connectivity index (χ4n) is 2.53. The Morgan fingerprint density at radius 2 is 1.79 bits per heavy atom. The highest BCUT2D eigenvalue weighted by atomic mass is 15.2. The molecule has 2 nitrogen and oxygen atoms in total. The lowest BCUT2D eigenvalue weighted by Gasteiger charge is -2.31. The van der Waals surface area contributed by atoms with E-state index in [0.717, 1.165) is 12.0 Å². The first-order chi connectivity index (χ1) is 6.59. The Bertz CT molecular complexity index is 156. The van der Waals surface area contributed by atoms with E-state index in [4.69, 9.17) is 0 Å². The van der Waals surface area contributed by atoms with Gasteiger partial charge in [-0.1, -0.05) is 13.3 Å². The fraction of sp³-hybridized carbons (Fsp3) is 1.00. The summed E-state index contributed by atoms with van der Waals surface area (Å²) in [6.07, 6.45) is 5.83. The number of rotatable bonds is 4. The van der Waals surface area contributed by atoms with Crippen molar-refractivity contribution < 1.29 is 9.80 Å². The summed E-state index contributed by atoms with van der Waals surface area (Å²) < 4.78 is 0. The molecule has 0 aromatic carbocycles. The van der Waals surface area contributed by atoms with Crippen LogP contribution in [0.3, 0.4) is 0 Å². The highest BCUT2D eigenvalue weighted by Gasteiger charge is 2.25. The summed E-state index contributed by atoms with van der Waals surface area (Å²) in [4.78, 5) is 3.34. The Morgan fingerprint density at radius 3 is 2.36 bits per heavy atom. The molecule has 1 saturated carbocycles. The van der Waals surface area contributed by atoms with Crippen LogP contribution in [0.2, 0.25) is 0 Å². The predicted molar refractivity (Wildman–Crippen MR) is 60.9 cm³/mol. The Balaban J connectivity index is 2.25. The molecule has 0 radical (unpaired) electrons. The first-order valence-electron chi connectivity index (χ1n) is 6.21. The quantitative estimate of drug-likeness (QED) is 0.589. The zero-order valence-electron chi connectivity index (χ0n) is 10.4. The molecule has 0 saturated heterocycles. The van der Waals surface area contributed by atoms with Crippen LogP contribution in [0.15, 0.2) is 0 Å². The summed E-state index contributed by atoms with van der Waals surface area (Å²) >= 11 is 0. The first-order valence-corrected chi connectivity index (χ1v) is 6.21. The van der Waals surface area contributed by atoms with Gasteiger partial charge in [0.15, 0.2) is 0 Å². The number of nitrogens with one attached hydrogen (secondary N) is 2. The Labute approximate surface area is 89.3 Å². The minimum Gasteiger partial charge on any atom is -0.335 e. The summed E-state index contributed by atoms with van der Waals surface area (Å²) in [5.41, 5.74) is 0. The van der Waals surface area contributed by atoms with Crippen molar-refractivity contribution in [2.75, 3.05) is 34.2 Å². The number of hydrogen-bond acceptors (Lipinski definition) is 0. The van der Waals surface area contributed by atoms with Crippen molar-refractivity contribution in [2.24, 2.45) is 5.92 Å². The lowest BCUT2D eigenvalue weighted by Crippen LogP contribution is -3.18. The van der Waals surface area contributed by atoms with E-state index in [1.807, 2.05) is 0 Å². The largest absolute Gasteiger partial charge is 0.335 e. The third-order valence-electron chi connectivity index (χ3n) is 3.65. The van der Waals surface area contributed by atoms with Crippen LogP contribution >= 0.6 is 0 Å². The second-order valence-corrected chi connectivity index (χ2v) is 5.52. The molecule has 2 N–H and O–H groups in total. The van der Waals surface area contributed by atoms with Crippen LogP contribution in [0.25, 0.3) is 0 Å². The van der Waals surface area contributed by atoms with Crippen LogP contribution < -0.4 is 9.80 Å².